The molecule has 1 aromatic rings. The molecule has 0 bridgehead atoms. The van der Waals surface area contributed by atoms with E-state index < -0.39 is 0 Å². The number of guanidine groups is 1. The minimum absolute atomic E-state index is 0.00129. The highest BCUT2D eigenvalue weighted by Crippen LogP contribution is 2.32. The van der Waals surface area contributed by atoms with E-state index in [4.69, 9.17) is 17.2 Å². The van der Waals surface area contributed by atoms with E-state index in [-0.39, 0.29) is 40.9 Å². The first-order valence-corrected chi connectivity index (χ1v) is 11.9. The summed E-state index contributed by atoms with van der Waals surface area (Å²) < 4.78 is 0. The van der Waals surface area contributed by atoms with Crippen LogP contribution in [0.25, 0.3) is 0 Å². The quantitative estimate of drug-likeness (QED) is 0.334. The lowest BCUT2D eigenvalue weighted by Gasteiger charge is -2.33. The third-order valence-electron chi connectivity index (χ3n) is 5.77. The van der Waals surface area contributed by atoms with E-state index in [2.05, 4.69) is 15.3 Å². The van der Waals surface area contributed by atoms with Crippen molar-refractivity contribution in [3.05, 3.63) is 29.8 Å². The number of benzene rings is 1. The van der Waals surface area contributed by atoms with Gasteiger partial charge in [-0.15, -0.1) is 0 Å². The molecule has 0 saturated carbocycles. The highest BCUT2D eigenvalue weighted by molar-refractivity contribution is 8.15. The first-order chi connectivity index (χ1) is 15.7. The summed E-state index contributed by atoms with van der Waals surface area (Å²) in [6.07, 6.45) is 3.52. The van der Waals surface area contributed by atoms with Crippen molar-refractivity contribution in [2.45, 2.75) is 50.3 Å². The number of nitrogens with one attached hydrogen (secondary N) is 1. The van der Waals surface area contributed by atoms with E-state index in [1.54, 1.807) is 4.90 Å². The van der Waals surface area contributed by atoms with E-state index in [1.807, 2.05) is 24.3 Å². The number of carbonyl (C=O) groups is 3. The van der Waals surface area contributed by atoms with Crippen LogP contribution in [0.15, 0.2) is 34.3 Å². The molecular weight excluding hydrogens is 442 g/mol. The maximum Gasteiger partial charge on any atom is 0.238 e. The van der Waals surface area contributed by atoms with Crippen LogP contribution in [-0.4, -0.2) is 58.1 Å². The number of aliphatic imine (C=N–C) groups is 2. The Hall–Kier alpha value is -3.08. The second-order valence-corrected chi connectivity index (χ2v) is 9.45. The summed E-state index contributed by atoms with van der Waals surface area (Å²) >= 11 is 1.31. The fourth-order valence-corrected chi connectivity index (χ4v) is 5.30. The van der Waals surface area contributed by atoms with Gasteiger partial charge in [-0.3, -0.25) is 19.4 Å². The van der Waals surface area contributed by atoms with E-state index >= 15 is 0 Å². The Bertz CT molecular complexity index is 936. The molecule has 3 amide bonds. The van der Waals surface area contributed by atoms with Crippen LogP contribution < -0.4 is 22.5 Å². The molecule has 2 aliphatic rings. The average molecular weight is 474 g/mol. The monoisotopic (exact) mass is 473 g/mol. The molecule has 2 atom stereocenters. The van der Waals surface area contributed by atoms with E-state index in [1.165, 1.54) is 18.7 Å². The van der Waals surface area contributed by atoms with Gasteiger partial charge in [0.1, 0.15) is 5.25 Å². The number of hydrogen-bond acceptors (Lipinski definition) is 6. The molecule has 178 valence electrons. The Morgan fingerprint density at radius 3 is 2.39 bits per heavy atom. The summed E-state index contributed by atoms with van der Waals surface area (Å²) in [4.78, 5) is 46.6. The zero-order chi connectivity index (χ0) is 24.0. The molecule has 10 nitrogen and oxygen atoms in total. The van der Waals surface area contributed by atoms with Gasteiger partial charge in [0.25, 0.3) is 0 Å². The van der Waals surface area contributed by atoms with Gasteiger partial charge in [0.2, 0.25) is 17.7 Å². The number of nitrogens with zero attached hydrogens (tertiary/aromatic N) is 3. The Balaban J connectivity index is 1.59. The Labute approximate surface area is 197 Å². The lowest BCUT2D eigenvalue weighted by atomic mass is 9.95. The van der Waals surface area contributed by atoms with Crippen molar-refractivity contribution in [1.29, 1.82) is 0 Å². The maximum absolute atomic E-state index is 13.2. The van der Waals surface area contributed by atoms with Gasteiger partial charge in [-0.05, 0) is 49.8 Å². The van der Waals surface area contributed by atoms with Crippen molar-refractivity contribution >= 4 is 46.3 Å². The molecule has 2 heterocycles. The fourth-order valence-electron chi connectivity index (χ4n) is 4.06. The van der Waals surface area contributed by atoms with E-state index in [9.17, 15) is 14.4 Å². The number of aryl methyl sites for hydroxylation is 1. The van der Waals surface area contributed by atoms with Crippen molar-refractivity contribution in [1.82, 2.24) is 10.2 Å². The van der Waals surface area contributed by atoms with Crippen LogP contribution in [0.3, 0.4) is 0 Å². The smallest absolute Gasteiger partial charge is 0.238 e. The second kappa shape index (κ2) is 11.2. The Morgan fingerprint density at radius 1 is 1.15 bits per heavy atom. The molecule has 3 rings (SSSR count). The molecule has 1 saturated heterocycles. The molecule has 0 aliphatic carbocycles. The first kappa shape index (κ1) is 24.6. The number of amidine groups is 1. The minimum atomic E-state index is -0.388. The van der Waals surface area contributed by atoms with Gasteiger partial charge in [0.15, 0.2) is 11.1 Å². The highest BCUT2D eigenvalue weighted by Gasteiger charge is 2.39. The topological polar surface area (TPSA) is 169 Å². The predicted molar refractivity (Wildman–Crippen MR) is 130 cm³/mol. The number of nitrogens with two attached hydrogens (primary N) is 3. The summed E-state index contributed by atoms with van der Waals surface area (Å²) in [5.74, 6) is -0.679. The lowest BCUT2D eigenvalue weighted by Crippen LogP contribution is -2.47. The predicted octanol–water partition coefficient (Wildman–Crippen LogP) is 0.614. The minimum Gasteiger partial charge on any atom is -0.370 e. The normalized spacial score (nSPS) is 20.8. The van der Waals surface area contributed by atoms with Crippen LogP contribution in [0.4, 0.5) is 5.69 Å². The van der Waals surface area contributed by atoms with E-state index in [0.717, 1.165) is 18.4 Å². The molecular formula is C22H31N7O3S. The van der Waals surface area contributed by atoms with Crippen molar-refractivity contribution in [3.63, 3.8) is 0 Å². The standard InChI is InChI=1S/C22H31N7O3S/c1-13(30)26-22-28-17(4-2-3-14-5-7-16(8-6-14)27-21(24)25)18(33-22)20(32)29-11-9-15(10-12-29)19(23)31/h5-8,15,17-18H,2-4,9-12H2,1H3,(H2,23,31)(H4,24,25,27)(H,26,28,30). The van der Waals surface area contributed by atoms with Crippen molar-refractivity contribution < 1.29 is 14.4 Å². The number of likely N-dealkylation sites (tertiary alicyclic amines) is 1. The van der Waals surface area contributed by atoms with Crippen molar-refractivity contribution in [2.24, 2.45) is 33.1 Å². The summed E-state index contributed by atoms with van der Waals surface area (Å²) in [5, 5.41) is 2.82. The molecule has 1 aromatic carbocycles. The molecule has 2 unspecified atom stereocenters. The molecule has 0 spiro atoms. The highest BCUT2D eigenvalue weighted by atomic mass is 32.2. The zero-order valence-corrected chi connectivity index (χ0v) is 19.5. The summed E-state index contributed by atoms with van der Waals surface area (Å²) in [6, 6.07) is 7.44. The largest absolute Gasteiger partial charge is 0.370 e. The van der Waals surface area contributed by atoms with Crippen LogP contribution in [-0.2, 0) is 20.8 Å². The van der Waals surface area contributed by atoms with E-state index in [0.29, 0.717) is 43.2 Å². The number of primary amides is 1. The van der Waals surface area contributed by atoms with Crippen LogP contribution in [0.1, 0.15) is 38.2 Å². The van der Waals surface area contributed by atoms with Gasteiger partial charge in [-0.1, -0.05) is 23.9 Å². The third-order valence-corrected chi connectivity index (χ3v) is 6.97. The molecule has 11 heteroatoms. The summed E-state index contributed by atoms with van der Waals surface area (Å²) in [7, 11) is 0. The molecule has 0 radical (unpaired) electrons. The number of carbonyl (C=O) groups excluding carboxylic acids is 3. The van der Waals surface area contributed by atoms with Crippen molar-refractivity contribution in [2.75, 3.05) is 13.1 Å². The Kier molecular flexibility index (Phi) is 8.32. The van der Waals surface area contributed by atoms with Gasteiger partial charge in [-0.25, -0.2) is 4.99 Å². The zero-order valence-electron chi connectivity index (χ0n) is 18.7. The maximum atomic E-state index is 13.2. The van der Waals surface area contributed by atoms with Gasteiger partial charge in [-0.2, -0.15) is 0 Å². The van der Waals surface area contributed by atoms with Crippen LogP contribution in [0, 0.1) is 5.92 Å². The molecule has 2 aliphatic heterocycles. The number of rotatable bonds is 7. The van der Waals surface area contributed by atoms with Crippen molar-refractivity contribution in [3.8, 4) is 0 Å². The van der Waals surface area contributed by atoms with Crippen LogP contribution in [0.5, 0.6) is 0 Å². The number of hydrogen-bond donors (Lipinski definition) is 4. The molecule has 7 N–H and O–H groups in total. The third kappa shape index (κ3) is 6.95. The van der Waals surface area contributed by atoms with Gasteiger partial charge in [0.05, 0.1) is 11.7 Å². The molecule has 33 heavy (non-hydrogen) atoms. The lowest BCUT2D eigenvalue weighted by molar-refractivity contribution is -0.134. The number of amides is 3. The molecule has 0 aromatic heterocycles. The Morgan fingerprint density at radius 2 is 1.82 bits per heavy atom. The SMILES string of the molecule is CC(=O)NC1=NC(CCCc2ccc(N=C(N)N)cc2)C(C(=O)N2CCC(C(N)=O)CC2)S1. The number of thioether (sulfide) groups is 1. The first-order valence-electron chi connectivity index (χ1n) is 11.0. The van der Waals surface area contributed by atoms with Crippen LogP contribution in [0.2, 0.25) is 0 Å². The second-order valence-electron chi connectivity index (χ2n) is 8.32. The summed E-state index contributed by atoms with van der Waals surface area (Å²) in [5.41, 5.74) is 18.0. The molecule has 1 fully saturated rings. The summed E-state index contributed by atoms with van der Waals surface area (Å²) in [6.45, 7) is 2.44. The van der Waals surface area contributed by atoms with Gasteiger partial charge in [0, 0.05) is 25.9 Å². The van der Waals surface area contributed by atoms with Gasteiger partial charge < -0.3 is 27.4 Å². The van der Waals surface area contributed by atoms with Gasteiger partial charge >= 0.3 is 0 Å². The fraction of sp³-hybridized carbons (Fsp3) is 0.500. The average Bonchev–Trinajstić information content (AvgIpc) is 3.15. The van der Waals surface area contributed by atoms with Crippen LogP contribution >= 0.6 is 11.8 Å². The number of piperidine rings is 1.